The molecule has 0 aromatic heterocycles. The Morgan fingerprint density at radius 3 is 2.90 bits per heavy atom. The third kappa shape index (κ3) is 5.29. The maximum Gasteiger partial charge on any atom is 0.228 e. The van der Waals surface area contributed by atoms with E-state index in [1.807, 2.05) is 12.1 Å². The average molecular weight is 275 g/mol. The van der Waals surface area contributed by atoms with Crippen molar-refractivity contribution in [3.63, 3.8) is 0 Å². The number of rotatable bonds is 7. The van der Waals surface area contributed by atoms with E-state index in [-0.39, 0.29) is 17.9 Å². The number of ether oxygens (including phenoxy) is 1. The minimum Gasteiger partial charge on any atom is -0.493 e. The number of hydrogen-bond donors (Lipinski definition) is 2. The Kier molecular flexibility index (Phi) is 6.54. The summed E-state index contributed by atoms with van der Waals surface area (Å²) in [7, 11) is 0. The monoisotopic (exact) mass is 275 g/mol. The quantitative estimate of drug-likeness (QED) is 0.747. The van der Waals surface area contributed by atoms with E-state index in [0.29, 0.717) is 30.9 Å². The van der Waals surface area contributed by atoms with Crippen LogP contribution in [0.1, 0.15) is 26.7 Å². The molecule has 3 N–H and O–H groups in total. The number of nitrogens with zero attached hydrogens (tertiary/aromatic N) is 1. The Morgan fingerprint density at radius 2 is 2.25 bits per heavy atom. The summed E-state index contributed by atoms with van der Waals surface area (Å²) in [5.41, 5.74) is 6.38. The van der Waals surface area contributed by atoms with Crippen LogP contribution >= 0.6 is 0 Å². The standard InChI is InChI=1S/C15H21N3O2/c1-11(12(2)17)15(19)18-13-6-5-7-14(10-13)20-9-4-3-8-16/h5-7,10-12H,3-4,9,17H2,1-2H3,(H,18,19). The lowest BCUT2D eigenvalue weighted by molar-refractivity contribution is -0.119. The lowest BCUT2D eigenvalue weighted by atomic mass is 10.0. The van der Waals surface area contributed by atoms with Gasteiger partial charge in [-0.05, 0) is 25.5 Å². The fourth-order valence-electron chi connectivity index (χ4n) is 1.50. The van der Waals surface area contributed by atoms with Crippen molar-refractivity contribution in [3.05, 3.63) is 24.3 Å². The van der Waals surface area contributed by atoms with Gasteiger partial charge in [-0.25, -0.2) is 0 Å². The van der Waals surface area contributed by atoms with Crippen molar-refractivity contribution in [2.45, 2.75) is 32.7 Å². The van der Waals surface area contributed by atoms with Gasteiger partial charge in [0.25, 0.3) is 0 Å². The van der Waals surface area contributed by atoms with Gasteiger partial charge in [0.1, 0.15) is 5.75 Å². The van der Waals surface area contributed by atoms with Gasteiger partial charge in [0.2, 0.25) is 5.91 Å². The molecular formula is C15H21N3O2. The fraction of sp³-hybridized carbons (Fsp3) is 0.467. The van der Waals surface area contributed by atoms with E-state index in [9.17, 15) is 4.79 Å². The third-order valence-corrected chi connectivity index (χ3v) is 3.01. The summed E-state index contributed by atoms with van der Waals surface area (Å²) in [5.74, 6) is 0.311. The molecule has 1 rings (SSSR count). The Hall–Kier alpha value is -2.06. The Labute approximate surface area is 119 Å². The normalized spacial score (nSPS) is 13.1. The molecule has 0 spiro atoms. The highest BCUT2D eigenvalue weighted by molar-refractivity contribution is 5.92. The number of nitriles is 1. The highest BCUT2D eigenvalue weighted by Crippen LogP contribution is 2.18. The van der Waals surface area contributed by atoms with Gasteiger partial charge in [-0.1, -0.05) is 13.0 Å². The van der Waals surface area contributed by atoms with Crippen molar-refractivity contribution in [1.82, 2.24) is 0 Å². The molecule has 0 fully saturated rings. The Bertz CT molecular complexity index is 480. The maximum absolute atomic E-state index is 11.9. The number of nitrogens with two attached hydrogens (primary N) is 1. The maximum atomic E-state index is 11.9. The summed E-state index contributed by atoms with van der Waals surface area (Å²) < 4.78 is 5.51. The number of carbonyl (C=O) groups excluding carboxylic acids is 1. The van der Waals surface area contributed by atoms with E-state index in [1.165, 1.54) is 0 Å². The van der Waals surface area contributed by atoms with Crippen LogP contribution in [0.2, 0.25) is 0 Å². The first-order valence-electron chi connectivity index (χ1n) is 6.71. The minimum atomic E-state index is -0.254. The van der Waals surface area contributed by atoms with Crippen molar-refractivity contribution in [2.24, 2.45) is 11.7 Å². The smallest absolute Gasteiger partial charge is 0.228 e. The van der Waals surface area contributed by atoms with Crippen LogP contribution in [0.25, 0.3) is 0 Å². The number of hydrogen-bond acceptors (Lipinski definition) is 4. The molecule has 0 saturated carbocycles. The number of carbonyl (C=O) groups is 1. The molecule has 20 heavy (non-hydrogen) atoms. The van der Waals surface area contributed by atoms with Crippen LogP contribution < -0.4 is 15.8 Å². The summed E-state index contributed by atoms with van der Waals surface area (Å²) in [4.78, 5) is 11.9. The van der Waals surface area contributed by atoms with Crippen LogP contribution in [0.3, 0.4) is 0 Å². The summed E-state index contributed by atoms with van der Waals surface area (Å²) in [5, 5.41) is 11.3. The van der Waals surface area contributed by atoms with Gasteiger partial charge in [-0.3, -0.25) is 4.79 Å². The van der Waals surface area contributed by atoms with E-state index in [1.54, 1.807) is 26.0 Å². The first-order valence-corrected chi connectivity index (χ1v) is 6.71. The lowest BCUT2D eigenvalue weighted by Crippen LogP contribution is -2.34. The molecule has 0 aliphatic carbocycles. The van der Waals surface area contributed by atoms with Gasteiger partial charge in [-0.2, -0.15) is 5.26 Å². The van der Waals surface area contributed by atoms with Crippen molar-refractivity contribution >= 4 is 11.6 Å². The van der Waals surface area contributed by atoms with Crippen LogP contribution in [-0.2, 0) is 4.79 Å². The Balaban J connectivity index is 2.55. The number of anilines is 1. The Morgan fingerprint density at radius 1 is 1.50 bits per heavy atom. The van der Waals surface area contributed by atoms with Crippen LogP contribution in [0.4, 0.5) is 5.69 Å². The van der Waals surface area contributed by atoms with Crippen molar-refractivity contribution < 1.29 is 9.53 Å². The highest BCUT2D eigenvalue weighted by Gasteiger charge is 2.17. The molecule has 5 nitrogen and oxygen atoms in total. The van der Waals surface area contributed by atoms with Crippen molar-refractivity contribution in [2.75, 3.05) is 11.9 Å². The molecule has 2 atom stereocenters. The van der Waals surface area contributed by atoms with Crippen molar-refractivity contribution in [3.8, 4) is 11.8 Å². The van der Waals surface area contributed by atoms with Gasteiger partial charge in [0, 0.05) is 24.2 Å². The first-order chi connectivity index (χ1) is 9.54. The molecule has 2 unspecified atom stereocenters. The number of unbranched alkanes of at least 4 members (excludes halogenated alkanes) is 1. The summed E-state index contributed by atoms with van der Waals surface area (Å²) in [6.45, 7) is 4.09. The molecule has 0 radical (unpaired) electrons. The molecule has 1 aromatic carbocycles. The van der Waals surface area contributed by atoms with Crippen molar-refractivity contribution in [1.29, 1.82) is 5.26 Å². The topological polar surface area (TPSA) is 88.1 Å². The molecule has 0 aliphatic heterocycles. The van der Waals surface area contributed by atoms with Gasteiger partial charge in [0.05, 0.1) is 18.6 Å². The predicted molar refractivity (Wildman–Crippen MR) is 78.2 cm³/mol. The average Bonchev–Trinajstić information content (AvgIpc) is 2.43. The molecule has 0 heterocycles. The molecule has 1 aromatic rings. The van der Waals surface area contributed by atoms with E-state index < -0.39 is 0 Å². The zero-order valence-electron chi connectivity index (χ0n) is 11.9. The second-order valence-corrected chi connectivity index (χ2v) is 4.78. The molecule has 0 saturated heterocycles. The van der Waals surface area contributed by atoms with Crippen LogP contribution in [0.5, 0.6) is 5.75 Å². The molecule has 5 heteroatoms. The van der Waals surface area contributed by atoms with E-state index in [4.69, 9.17) is 15.7 Å². The molecule has 108 valence electrons. The second-order valence-electron chi connectivity index (χ2n) is 4.78. The minimum absolute atomic E-state index is 0.110. The summed E-state index contributed by atoms with van der Waals surface area (Å²) in [6, 6.07) is 9.06. The third-order valence-electron chi connectivity index (χ3n) is 3.01. The van der Waals surface area contributed by atoms with Gasteiger partial charge < -0.3 is 15.8 Å². The number of benzene rings is 1. The second kappa shape index (κ2) is 8.18. The van der Waals surface area contributed by atoms with Crippen LogP contribution in [0.15, 0.2) is 24.3 Å². The molecule has 1 amide bonds. The van der Waals surface area contributed by atoms with Crippen LogP contribution in [-0.4, -0.2) is 18.6 Å². The zero-order valence-corrected chi connectivity index (χ0v) is 11.9. The zero-order chi connectivity index (χ0) is 15.0. The van der Waals surface area contributed by atoms with E-state index >= 15 is 0 Å². The van der Waals surface area contributed by atoms with E-state index in [0.717, 1.165) is 0 Å². The number of nitrogens with one attached hydrogen (secondary N) is 1. The van der Waals surface area contributed by atoms with Crippen LogP contribution in [0, 0.1) is 17.2 Å². The SMILES string of the molecule is CC(N)C(C)C(=O)Nc1cccc(OCCCC#N)c1. The molecule has 0 bridgehead atoms. The predicted octanol–water partition coefficient (Wildman–Crippen LogP) is 2.29. The summed E-state index contributed by atoms with van der Waals surface area (Å²) >= 11 is 0. The largest absolute Gasteiger partial charge is 0.493 e. The first kappa shape index (κ1) is 16.0. The lowest BCUT2D eigenvalue weighted by Gasteiger charge is -2.15. The molecule has 0 aliphatic rings. The highest BCUT2D eigenvalue weighted by atomic mass is 16.5. The number of amides is 1. The molecular weight excluding hydrogens is 254 g/mol. The van der Waals surface area contributed by atoms with Gasteiger partial charge in [-0.15, -0.1) is 0 Å². The fourth-order valence-corrected chi connectivity index (χ4v) is 1.50. The van der Waals surface area contributed by atoms with Gasteiger partial charge >= 0.3 is 0 Å². The van der Waals surface area contributed by atoms with Gasteiger partial charge in [0.15, 0.2) is 0 Å². The summed E-state index contributed by atoms with van der Waals surface area (Å²) in [6.07, 6.45) is 1.16. The van der Waals surface area contributed by atoms with E-state index in [2.05, 4.69) is 11.4 Å².